The van der Waals surface area contributed by atoms with Gasteiger partial charge in [0.05, 0.1) is 23.1 Å². The summed E-state index contributed by atoms with van der Waals surface area (Å²) in [7, 11) is 0. The van der Waals surface area contributed by atoms with Crippen molar-refractivity contribution in [1.29, 1.82) is 0 Å². The molecule has 2 aromatic carbocycles. The largest absolute Gasteiger partial charge is 0.345 e. The summed E-state index contributed by atoms with van der Waals surface area (Å²) in [5, 5.41) is 2.67. The van der Waals surface area contributed by atoms with E-state index in [1.54, 1.807) is 24.5 Å². The van der Waals surface area contributed by atoms with Gasteiger partial charge in [-0.05, 0) is 30.3 Å². The number of nitrogens with zero attached hydrogens (tertiary/aromatic N) is 1. The van der Waals surface area contributed by atoms with E-state index in [4.69, 9.17) is 0 Å². The Morgan fingerprint density at radius 1 is 1.30 bits per heavy atom. The van der Waals surface area contributed by atoms with E-state index in [1.807, 2.05) is 6.07 Å². The number of imidazole rings is 1. The molecule has 6 heteroatoms. The number of para-hydroxylation sites is 1. The number of anilines is 1. The Labute approximate surface area is 122 Å². The van der Waals surface area contributed by atoms with Crippen molar-refractivity contribution in [2.45, 2.75) is 0 Å². The van der Waals surface area contributed by atoms with E-state index >= 15 is 0 Å². The first kappa shape index (κ1) is 12.8. The maximum absolute atomic E-state index is 13.7. The van der Waals surface area contributed by atoms with Crippen LogP contribution in [0.2, 0.25) is 0 Å². The van der Waals surface area contributed by atoms with Crippen LogP contribution in [0.1, 0.15) is 10.4 Å². The first-order valence-corrected chi connectivity index (χ1v) is 6.63. The average molecular weight is 334 g/mol. The minimum atomic E-state index is -0.578. The predicted octanol–water partition coefficient (Wildman–Crippen LogP) is 3.72. The number of benzene rings is 2. The summed E-state index contributed by atoms with van der Waals surface area (Å²) >= 11 is 3.15. The summed E-state index contributed by atoms with van der Waals surface area (Å²) in [6, 6.07) is 9.65. The number of aromatic nitrogens is 2. The van der Waals surface area contributed by atoms with Crippen LogP contribution < -0.4 is 5.32 Å². The zero-order chi connectivity index (χ0) is 14.1. The van der Waals surface area contributed by atoms with E-state index in [1.165, 1.54) is 12.1 Å². The molecule has 0 radical (unpaired) electrons. The number of carbonyl (C=O) groups excluding carboxylic acids is 1. The molecule has 0 aliphatic carbocycles. The molecule has 0 saturated carbocycles. The van der Waals surface area contributed by atoms with Gasteiger partial charge in [0.2, 0.25) is 0 Å². The van der Waals surface area contributed by atoms with E-state index in [0.717, 1.165) is 5.52 Å². The number of rotatable bonds is 2. The number of amides is 1. The summed E-state index contributed by atoms with van der Waals surface area (Å²) in [5.41, 5.74) is 1.97. The van der Waals surface area contributed by atoms with Gasteiger partial charge in [-0.3, -0.25) is 4.79 Å². The van der Waals surface area contributed by atoms with Crippen molar-refractivity contribution < 1.29 is 9.18 Å². The third-order valence-electron chi connectivity index (χ3n) is 2.87. The van der Waals surface area contributed by atoms with Crippen molar-refractivity contribution in [1.82, 2.24) is 9.97 Å². The van der Waals surface area contributed by atoms with Crippen molar-refractivity contribution in [2.75, 3.05) is 5.32 Å². The molecule has 100 valence electrons. The van der Waals surface area contributed by atoms with Crippen molar-refractivity contribution in [3.05, 3.63) is 58.6 Å². The smallest absolute Gasteiger partial charge is 0.258 e. The number of H-pyrrole nitrogens is 1. The monoisotopic (exact) mass is 333 g/mol. The topological polar surface area (TPSA) is 57.8 Å². The molecule has 0 aliphatic rings. The molecule has 0 atom stereocenters. The number of hydrogen-bond acceptors (Lipinski definition) is 2. The van der Waals surface area contributed by atoms with Gasteiger partial charge in [0.15, 0.2) is 0 Å². The van der Waals surface area contributed by atoms with E-state index in [2.05, 4.69) is 31.2 Å². The van der Waals surface area contributed by atoms with Crippen molar-refractivity contribution in [3.63, 3.8) is 0 Å². The first-order chi connectivity index (χ1) is 9.65. The normalized spacial score (nSPS) is 10.7. The van der Waals surface area contributed by atoms with Crippen LogP contribution >= 0.6 is 15.9 Å². The minimum absolute atomic E-state index is 0.0132. The highest BCUT2D eigenvalue weighted by Crippen LogP contribution is 2.21. The molecule has 3 aromatic rings. The molecule has 0 unspecified atom stereocenters. The summed E-state index contributed by atoms with van der Waals surface area (Å²) < 4.78 is 14.3. The van der Waals surface area contributed by atoms with Crippen LogP contribution in [0, 0.1) is 5.82 Å². The first-order valence-electron chi connectivity index (χ1n) is 5.83. The molecule has 4 nitrogen and oxygen atoms in total. The third-order valence-corrected chi connectivity index (χ3v) is 3.37. The van der Waals surface area contributed by atoms with Gasteiger partial charge in [-0.15, -0.1) is 0 Å². The molecule has 0 saturated heterocycles. The molecule has 0 spiro atoms. The molecule has 1 heterocycles. The lowest BCUT2D eigenvalue weighted by molar-refractivity contribution is 0.102. The van der Waals surface area contributed by atoms with Gasteiger partial charge in [-0.2, -0.15) is 0 Å². The van der Waals surface area contributed by atoms with Gasteiger partial charge >= 0.3 is 0 Å². The van der Waals surface area contributed by atoms with Crippen LogP contribution in [-0.4, -0.2) is 15.9 Å². The Kier molecular flexibility index (Phi) is 3.23. The van der Waals surface area contributed by atoms with Gasteiger partial charge < -0.3 is 10.3 Å². The number of carbonyl (C=O) groups is 1. The number of hydrogen-bond donors (Lipinski definition) is 2. The van der Waals surface area contributed by atoms with Crippen LogP contribution in [-0.2, 0) is 0 Å². The Morgan fingerprint density at radius 3 is 2.95 bits per heavy atom. The lowest BCUT2D eigenvalue weighted by Crippen LogP contribution is -2.14. The van der Waals surface area contributed by atoms with E-state index < -0.39 is 11.7 Å². The van der Waals surface area contributed by atoms with Crippen LogP contribution in [0.15, 0.2) is 47.2 Å². The maximum Gasteiger partial charge on any atom is 0.258 e. The number of nitrogens with one attached hydrogen (secondary N) is 2. The molecule has 3 rings (SSSR count). The van der Waals surface area contributed by atoms with Crippen LogP contribution in [0.5, 0.6) is 0 Å². The number of fused-ring (bicyclic) bond motifs is 1. The summed E-state index contributed by atoms with van der Waals surface area (Å²) in [6.45, 7) is 0. The third kappa shape index (κ3) is 2.30. The fourth-order valence-electron chi connectivity index (χ4n) is 1.93. The fraction of sp³-hybridized carbons (Fsp3) is 0. The quantitative estimate of drug-likeness (QED) is 0.750. The van der Waals surface area contributed by atoms with Crippen molar-refractivity contribution in [2.24, 2.45) is 0 Å². The molecule has 0 fully saturated rings. The Bertz CT molecular complexity index is 800. The zero-order valence-electron chi connectivity index (χ0n) is 10.2. The molecular weight excluding hydrogens is 325 g/mol. The SMILES string of the molecule is O=C(Nc1cccc2[nH]cnc12)c1ccc(Br)cc1F. The van der Waals surface area contributed by atoms with Gasteiger partial charge in [0.1, 0.15) is 11.3 Å². The number of halogens is 2. The predicted molar refractivity (Wildman–Crippen MR) is 78.1 cm³/mol. The standard InChI is InChI=1S/C14H9BrFN3O/c15-8-4-5-9(10(16)6-8)14(20)19-12-3-1-2-11-13(12)18-7-17-11/h1-7H,(H,17,18)(H,19,20). The van der Waals surface area contributed by atoms with Crippen LogP contribution in [0.4, 0.5) is 10.1 Å². The van der Waals surface area contributed by atoms with Crippen molar-refractivity contribution >= 4 is 38.6 Å². The second-order valence-electron chi connectivity index (χ2n) is 4.18. The van der Waals surface area contributed by atoms with Crippen LogP contribution in [0.25, 0.3) is 11.0 Å². The lowest BCUT2D eigenvalue weighted by Gasteiger charge is -2.07. The van der Waals surface area contributed by atoms with E-state index in [9.17, 15) is 9.18 Å². The maximum atomic E-state index is 13.7. The van der Waals surface area contributed by atoms with Gasteiger partial charge in [-0.1, -0.05) is 22.0 Å². The fourth-order valence-corrected chi connectivity index (χ4v) is 2.26. The molecule has 20 heavy (non-hydrogen) atoms. The molecule has 1 amide bonds. The molecular formula is C14H9BrFN3O. The lowest BCUT2D eigenvalue weighted by atomic mass is 10.2. The summed E-state index contributed by atoms with van der Waals surface area (Å²) in [6.07, 6.45) is 1.54. The van der Waals surface area contributed by atoms with E-state index in [-0.39, 0.29) is 5.56 Å². The highest BCUT2D eigenvalue weighted by molar-refractivity contribution is 9.10. The Hall–Kier alpha value is -2.21. The Morgan fingerprint density at radius 2 is 2.15 bits per heavy atom. The van der Waals surface area contributed by atoms with Gasteiger partial charge in [0.25, 0.3) is 5.91 Å². The molecule has 0 bridgehead atoms. The Balaban J connectivity index is 1.94. The van der Waals surface area contributed by atoms with Crippen molar-refractivity contribution in [3.8, 4) is 0 Å². The zero-order valence-corrected chi connectivity index (χ0v) is 11.7. The molecule has 2 N–H and O–H groups in total. The minimum Gasteiger partial charge on any atom is -0.345 e. The molecule has 0 aliphatic heterocycles. The molecule has 1 aromatic heterocycles. The highest BCUT2D eigenvalue weighted by Gasteiger charge is 2.13. The summed E-state index contributed by atoms with van der Waals surface area (Å²) in [5.74, 6) is -1.09. The second-order valence-corrected chi connectivity index (χ2v) is 5.10. The van der Waals surface area contributed by atoms with E-state index in [0.29, 0.717) is 15.7 Å². The van der Waals surface area contributed by atoms with Crippen LogP contribution in [0.3, 0.4) is 0 Å². The summed E-state index contributed by atoms with van der Waals surface area (Å²) in [4.78, 5) is 19.2. The van der Waals surface area contributed by atoms with Gasteiger partial charge in [0, 0.05) is 4.47 Å². The van der Waals surface area contributed by atoms with Gasteiger partial charge in [-0.25, -0.2) is 9.37 Å². The average Bonchev–Trinajstić information content (AvgIpc) is 2.87. The highest BCUT2D eigenvalue weighted by atomic mass is 79.9. The number of aromatic amines is 1. The second kappa shape index (κ2) is 5.05.